The highest BCUT2D eigenvalue weighted by Gasteiger charge is 2.31. The van der Waals surface area contributed by atoms with E-state index in [1.165, 1.54) is 30.4 Å². The minimum atomic E-state index is -3.89. The van der Waals surface area contributed by atoms with Crippen molar-refractivity contribution in [1.82, 2.24) is 0 Å². The van der Waals surface area contributed by atoms with Crippen LogP contribution in [0.4, 0.5) is 0 Å². The molecule has 0 fully saturated rings. The Bertz CT molecular complexity index is 1670. The van der Waals surface area contributed by atoms with Crippen molar-refractivity contribution in [1.29, 1.82) is 0 Å². The fourth-order valence-corrected chi connectivity index (χ4v) is 5.21. The first kappa shape index (κ1) is 22.8. The molecular formula is C31H26N2O4S. The van der Waals surface area contributed by atoms with Gasteiger partial charge in [-0.1, -0.05) is 103 Å². The summed E-state index contributed by atoms with van der Waals surface area (Å²) < 4.78 is 50.9. The molecule has 0 atom stereocenters. The van der Waals surface area contributed by atoms with Gasteiger partial charge >= 0.3 is 5.71 Å². The Balaban J connectivity index is 0.000000195. The molecule has 1 aliphatic carbocycles. The molecule has 0 saturated carbocycles. The van der Waals surface area contributed by atoms with Gasteiger partial charge < -0.3 is 5.53 Å². The quantitative estimate of drug-likeness (QED) is 0.139. The number of benzene rings is 4. The zero-order valence-corrected chi connectivity index (χ0v) is 21.6. The Kier molecular flexibility index (Phi) is 6.78. The van der Waals surface area contributed by atoms with Crippen molar-refractivity contribution >= 4 is 27.7 Å². The van der Waals surface area contributed by atoms with Crippen molar-refractivity contribution in [2.75, 3.05) is 7.11 Å². The van der Waals surface area contributed by atoms with Crippen LogP contribution in [-0.2, 0) is 19.7 Å². The number of nitrogens with zero attached hydrogens (tertiary/aromatic N) is 2. The number of fused-ring (bicyclic) bond motifs is 1. The van der Waals surface area contributed by atoms with Gasteiger partial charge in [-0.25, -0.2) is 0 Å². The molecule has 5 rings (SSSR count). The number of carbonyl (C=O) groups excluding carboxylic acids is 1. The van der Waals surface area contributed by atoms with Crippen LogP contribution in [-0.4, -0.2) is 31.8 Å². The number of ketones is 1. The first-order chi connectivity index (χ1) is 19.5. The van der Waals surface area contributed by atoms with Crippen molar-refractivity contribution in [2.24, 2.45) is 0 Å². The summed E-state index contributed by atoms with van der Waals surface area (Å²) in [5.74, 6) is -0.539. The van der Waals surface area contributed by atoms with Crippen LogP contribution in [0.15, 0.2) is 120 Å². The monoisotopic (exact) mass is 525 g/mol. The van der Waals surface area contributed by atoms with Crippen LogP contribution >= 0.6 is 0 Å². The molecule has 1 aliphatic rings. The average molecular weight is 526 g/mol. The van der Waals surface area contributed by atoms with Gasteiger partial charge in [-0.3, -0.25) is 8.98 Å². The molecule has 190 valence electrons. The van der Waals surface area contributed by atoms with Crippen molar-refractivity contribution in [3.8, 4) is 0 Å². The summed E-state index contributed by atoms with van der Waals surface area (Å²) in [5.41, 5.74) is 11.7. The van der Waals surface area contributed by atoms with Crippen LogP contribution in [0.25, 0.3) is 11.6 Å². The summed E-state index contributed by atoms with van der Waals surface area (Å²) in [5, 5.41) is 0. The first-order valence-electron chi connectivity index (χ1n) is 13.1. The van der Waals surface area contributed by atoms with Crippen molar-refractivity contribution in [2.45, 2.75) is 17.2 Å². The Hall–Kier alpha value is -4.42. The minimum absolute atomic E-state index is 0.0934. The number of carbonyl (C=O) groups is 1. The zero-order valence-electron chi connectivity index (χ0n) is 23.8. The molecule has 0 aromatic heterocycles. The summed E-state index contributed by atoms with van der Waals surface area (Å²) >= 11 is 0. The van der Waals surface area contributed by atoms with E-state index in [9.17, 15) is 13.2 Å². The lowest BCUT2D eigenvalue weighted by Crippen LogP contribution is -2.25. The maximum atomic E-state index is 11.8. The lowest BCUT2D eigenvalue weighted by atomic mass is 9.71. The first-order valence-corrected chi connectivity index (χ1v) is 13.0. The smallest absolute Gasteiger partial charge is 0.361 e. The second kappa shape index (κ2) is 11.3. The number of hydrogen-bond acceptors (Lipinski definition) is 4. The van der Waals surface area contributed by atoms with Gasteiger partial charge in [0.05, 0.1) is 11.2 Å². The molecule has 6 nitrogen and oxygen atoms in total. The van der Waals surface area contributed by atoms with E-state index in [0.29, 0.717) is 18.1 Å². The van der Waals surface area contributed by atoms with Gasteiger partial charge in [0.1, 0.15) is 4.90 Å². The van der Waals surface area contributed by atoms with Crippen LogP contribution in [0.1, 0.15) is 43.6 Å². The van der Waals surface area contributed by atoms with E-state index in [0.717, 1.165) is 23.8 Å². The van der Waals surface area contributed by atoms with Gasteiger partial charge in [0.2, 0.25) is 0 Å². The van der Waals surface area contributed by atoms with Crippen molar-refractivity contribution in [3.63, 3.8) is 0 Å². The molecule has 0 bridgehead atoms. The van der Waals surface area contributed by atoms with Gasteiger partial charge in [-0.05, 0) is 35.8 Å². The molecule has 0 amide bonds. The Morgan fingerprint density at radius 2 is 1.26 bits per heavy atom. The van der Waals surface area contributed by atoms with E-state index in [2.05, 4.69) is 15.9 Å². The molecule has 0 heterocycles. The van der Waals surface area contributed by atoms with Gasteiger partial charge in [-0.15, -0.1) is 0 Å². The highest BCUT2D eigenvalue weighted by atomic mass is 32.2. The van der Waals surface area contributed by atoms with Gasteiger partial charge in [0.25, 0.3) is 15.9 Å². The number of allylic oxidation sites excluding steroid dienone is 1. The Morgan fingerprint density at radius 3 is 1.68 bits per heavy atom. The molecular weight excluding hydrogens is 496 g/mol. The fraction of sp³-hybridized carbons (Fsp3) is 0.0968. The molecule has 0 spiro atoms. The Morgan fingerprint density at radius 1 is 0.789 bits per heavy atom. The second-order valence-electron chi connectivity index (χ2n) is 8.48. The second-order valence-corrected chi connectivity index (χ2v) is 10.2. The Labute approximate surface area is 226 Å². The minimum Gasteiger partial charge on any atom is -0.361 e. The highest BCUT2D eigenvalue weighted by molar-refractivity contribution is 7.86. The zero-order chi connectivity index (χ0) is 29.8. The lowest BCUT2D eigenvalue weighted by Gasteiger charge is -2.31. The normalized spacial score (nSPS) is 13.8. The topological polar surface area (TPSA) is 96.8 Å². The lowest BCUT2D eigenvalue weighted by molar-refractivity contribution is -0.00436. The van der Waals surface area contributed by atoms with Gasteiger partial charge in [0, 0.05) is 22.6 Å². The molecule has 0 saturated heterocycles. The molecule has 38 heavy (non-hydrogen) atoms. The largest absolute Gasteiger partial charge is 0.362 e. The molecule has 0 N–H and O–H groups in total. The number of Topliss-reactive ketones (excluding diaryl/α,β-unsaturated/α-hetero) is 1. The molecule has 7 heteroatoms. The van der Waals surface area contributed by atoms with Crippen LogP contribution in [0, 0.1) is 0 Å². The number of rotatable bonds is 5. The predicted octanol–water partition coefficient (Wildman–Crippen LogP) is 5.94. The molecule has 0 radical (unpaired) electrons. The standard InChI is InChI=1S/C20H18.C11H8N2O4S/c1-20(17-11-5-2-6-12-17,18-13-7-3-8-14-18)19-15-9-4-10-16-19;1-17-18(15,16)10-4-2-3-8-7(10)5-6-9(13-12)11(8)14/h2-16H,1H3;2-6H,1H3/i2D,3D,4D;. The third-order valence-corrected chi connectivity index (χ3v) is 7.77. The summed E-state index contributed by atoms with van der Waals surface area (Å²) in [7, 11) is -2.85. The fourth-order valence-electron chi connectivity index (χ4n) is 4.34. The van der Waals surface area contributed by atoms with Crippen LogP contribution in [0.3, 0.4) is 0 Å². The van der Waals surface area contributed by atoms with Crippen LogP contribution in [0.5, 0.6) is 0 Å². The van der Waals surface area contributed by atoms with Crippen LogP contribution < -0.4 is 0 Å². The van der Waals surface area contributed by atoms with Crippen molar-refractivity contribution in [3.05, 3.63) is 149 Å². The van der Waals surface area contributed by atoms with E-state index in [1.807, 2.05) is 36.4 Å². The van der Waals surface area contributed by atoms with E-state index < -0.39 is 21.3 Å². The van der Waals surface area contributed by atoms with Crippen molar-refractivity contribution < 1.29 is 26.3 Å². The number of hydrogen-bond donors (Lipinski definition) is 0. The molecule has 4 aromatic carbocycles. The van der Waals surface area contributed by atoms with E-state index in [1.54, 1.807) is 36.4 Å². The summed E-state index contributed by atoms with van der Waals surface area (Å²) in [4.78, 5) is 14.6. The maximum absolute atomic E-state index is 11.8. The highest BCUT2D eigenvalue weighted by Crippen LogP contribution is 2.38. The molecule has 4 aromatic rings. The average Bonchev–Trinajstić information content (AvgIpc) is 2.98. The predicted molar refractivity (Wildman–Crippen MR) is 148 cm³/mol. The summed E-state index contributed by atoms with van der Waals surface area (Å²) in [6, 6.07) is 28.3. The third kappa shape index (κ3) is 5.17. The van der Waals surface area contributed by atoms with E-state index >= 15 is 0 Å². The van der Waals surface area contributed by atoms with E-state index in [4.69, 9.17) is 9.64 Å². The molecule has 0 aliphatic heterocycles. The van der Waals surface area contributed by atoms with Crippen LogP contribution in [0.2, 0.25) is 0 Å². The summed E-state index contributed by atoms with van der Waals surface area (Å²) in [6.45, 7) is 2.14. The maximum Gasteiger partial charge on any atom is 0.362 e. The molecule has 0 unspecified atom stereocenters. The third-order valence-electron chi connectivity index (χ3n) is 6.43. The van der Waals surface area contributed by atoms with Gasteiger partial charge in [0.15, 0.2) is 0 Å². The SMILES string of the molecule is COS(=O)(=O)c1cccc2c1C=CC(=[N+]=[N-])C2=O.[2H]c1ccc(C(C)(c2ccc([2H])cc2)c2ccc([2H])cc2)cc1. The van der Waals surface area contributed by atoms with Gasteiger partial charge in [-0.2, -0.15) is 13.2 Å². The van der Waals surface area contributed by atoms with E-state index in [-0.39, 0.29) is 21.7 Å². The summed E-state index contributed by atoms with van der Waals surface area (Å²) in [6.07, 6.45) is 2.65.